The van der Waals surface area contributed by atoms with Crippen LogP contribution in [0.25, 0.3) is 0 Å². The predicted octanol–water partition coefficient (Wildman–Crippen LogP) is 2.98. The van der Waals surface area contributed by atoms with Gasteiger partial charge in [-0.1, -0.05) is 12.1 Å². The molecular weight excluding hydrogens is 446 g/mol. The first kappa shape index (κ1) is 23.9. The van der Waals surface area contributed by atoms with Crippen LogP contribution in [0.3, 0.4) is 0 Å². The highest BCUT2D eigenvalue weighted by Gasteiger charge is 2.34. The molecule has 2 aromatic heterocycles. The lowest BCUT2D eigenvalue weighted by atomic mass is 9.98. The monoisotopic (exact) mass is 473 g/mol. The van der Waals surface area contributed by atoms with Gasteiger partial charge in [0.25, 0.3) is 11.8 Å². The number of nitrogens with one attached hydrogen (secondary N) is 1. The number of nitrogens with zero attached hydrogens (tertiary/aromatic N) is 4. The molecule has 0 radical (unpaired) electrons. The molecule has 3 amide bonds. The number of pyridine rings is 2. The van der Waals surface area contributed by atoms with Gasteiger partial charge in [0.05, 0.1) is 12.2 Å². The minimum absolute atomic E-state index is 0.0678. The standard InChI is InChI=1S/C26H27N5O4/c1-17-9-10-21(15-29-17)35-25-22(8-5-11-28-25)26(34)31-13-12-30(18(2)32)16-23(31)19-6-4-7-20(14-19)24(33)27-3/h4-11,14-15,23H,12-13,16H2,1-3H3,(H,27,33). The Morgan fingerprint density at radius 2 is 1.89 bits per heavy atom. The van der Waals surface area contributed by atoms with Crippen LogP contribution in [-0.2, 0) is 4.79 Å². The van der Waals surface area contributed by atoms with Gasteiger partial charge < -0.3 is 19.9 Å². The number of amides is 3. The normalized spacial score (nSPS) is 15.5. The van der Waals surface area contributed by atoms with Crippen molar-refractivity contribution in [1.82, 2.24) is 25.1 Å². The first-order valence-electron chi connectivity index (χ1n) is 11.3. The van der Waals surface area contributed by atoms with Crippen molar-refractivity contribution >= 4 is 17.7 Å². The average molecular weight is 474 g/mol. The molecule has 1 atom stereocenters. The Kier molecular flexibility index (Phi) is 7.05. The van der Waals surface area contributed by atoms with Crippen molar-refractivity contribution in [3.63, 3.8) is 0 Å². The maximum absolute atomic E-state index is 13.8. The number of hydrogen-bond donors (Lipinski definition) is 1. The van der Waals surface area contributed by atoms with Crippen molar-refractivity contribution in [2.75, 3.05) is 26.7 Å². The summed E-state index contributed by atoms with van der Waals surface area (Å²) >= 11 is 0. The van der Waals surface area contributed by atoms with Crippen molar-refractivity contribution in [2.24, 2.45) is 0 Å². The van der Waals surface area contributed by atoms with Crippen molar-refractivity contribution in [2.45, 2.75) is 19.9 Å². The number of ether oxygens (including phenoxy) is 1. The molecule has 9 nitrogen and oxygen atoms in total. The lowest BCUT2D eigenvalue weighted by Gasteiger charge is -2.41. The summed E-state index contributed by atoms with van der Waals surface area (Å²) in [5, 5.41) is 2.62. The van der Waals surface area contributed by atoms with Gasteiger partial charge >= 0.3 is 0 Å². The summed E-state index contributed by atoms with van der Waals surface area (Å²) in [6, 6.07) is 13.6. The molecule has 1 aromatic carbocycles. The Morgan fingerprint density at radius 3 is 2.60 bits per heavy atom. The number of carbonyl (C=O) groups excluding carboxylic acids is 3. The quantitative estimate of drug-likeness (QED) is 0.611. The highest BCUT2D eigenvalue weighted by molar-refractivity contribution is 5.97. The van der Waals surface area contributed by atoms with Gasteiger partial charge in [-0.3, -0.25) is 19.4 Å². The molecule has 35 heavy (non-hydrogen) atoms. The fraction of sp³-hybridized carbons (Fsp3) is 0.269. The second-order valence-corrected chi connectivity index (χ2v) is 8.28. The van der Waals surface area contributed by atoms with Crippen molar-refractivity contribution in [3.8, 4) is 11.6 Å². The summed E-state index contributed by atoms with van der Waals surface area (Å²) in [6.45, 7) is 4.44. The summed E-state index contributed by atoms with van der Waals surface area (Å²) in [7, 11) is 1.57. The summed E-state index contributed by atoms with van der Waals surface area (Å²) in [5.74, 6) is 0.0850. The van der Waals surface area contributed by atoms with Gasteiger partial charge in [-0.15, -0.1) is 0 Å². The van der Waals surface area contributed by atoms with E-state index in [4.69, 9.17) is 4.74 Å². The smallest absolute Gasteiger partial charge is 0.259 e. The maximum atomic E-state index is 13.8. The molecule has 1 unspecified atom stereocenters. The topological polar surface area (TPSA) is 105 Å². The fourth-order valence-corrected chi connectivity index (χ4v) is 4.04. The zero-order valence-electron chi connectivity index (χ0n) is 19.9. The molecule has 3 heterocycles. The summed E-state index contributed by atoms with van der Waals surface area (Å²) in [6.07, 6.45) is 3.14. The Hall–Kier alpha value is -4.27. The molecule has 3 aromatic rings. The molecule has 1 aliphatic heterocycles. The summed E-state index contributed by atoms with van der Waals surface area (Å²) in [5.41, 5.74) is 2.39. The lowest BCUT2D eigenvalue weighted by molar-refractivity contribution is -0.131. The van der Waals surface area contributed by atoms with E-state index in [2.05, 4.69) is 15.3 Å². The number of rotatable bonds is 5. The first-order chi connectivity index (χ1) is 16.9. The number of hydrogen-bond acceptors (Lipinski definition) is 6. The van der Waals surface area contributed by atoms with E-state index < -0.39 is 6.04 Å². The van der Waals surface area contributed by atoms with Crippen LogP contribution < -0.4 is 10.1 Å². The third kappa shape index (κ3) is 5.29. The van der Waals surface area contributed by atoms with E-state index in [-0.39, 0.29) is 23.6 Å². The van der Waals surface area contributed by atoms with Crippen LogP contribution in [0, 0.1) is 6.92 Å². The van der Waals surface area contributed by atoms with Crippen LogP contribution in [-0.4, -0.2) is 64.2 Å². The van der Waals surface area contributed by atoms with Crippen LogP contribution in [0.4, 0.5) is 0 Å². The number of piperazine rings is 1. The zero-order valence-corrected chi connectivity index (χ0v) is 19.9. The minimum Gasteiger partial charge on any atom is -0.437 e. The van der Waals surface area contributed by atoms with E-state index in [1.165, 1.54) is 6.92 Å². The van der Waals surface area contributed by atoms with Crippen LogP contribution in [0.1, 0.15) is 44.9 Å². The first-order valence-corrected chi connectivity index (χ1v) is 11.3. The predicted molar refractivity (Wildman–Crippen MR) is 129 cm³/mol. The molecule has 1 saturated heterocycles. The fourth-order valence-electron chi connectivity index (χ4n) is 4.04. The molecule has 0 aliphatic carbocycles. The molecule has 1 aliphatic rings. The molecule has 1 fully saturated rings. The van der Waals surface area contributed by atoms with E-state index >= 15 is 0 Å². The van der Waals surface area contributed by atoms with E-state index in [9.17, 15) is 14.4 Å². The summed E-state index contributed by atoms with van der Waals surface area (Å²) < 4.78 is 5.90. The number of benzene rings is 1. The largest absolute Gasteiger partial charge is 0.437 e. The van der Waals surface area contributed by atoms with Gasteiger partial charge in [0.1, 0.15) is 11.3 Å². The van der Waals surface area contributed by atoms with E-state index in [0.717, 1.165) is 11.3 Å². The lowest BCUT2D eigenvalue weighted by Crippen LogP contribution is -2.52. The molecule has 1 N–H and O–H groups in total. The summed E-state index contributed by atoms with van der Waals surface area (Å²) in [4.78, 5) is 50.1. The molecule has 0 spiro atoms. The number of carbonyl (C=O) groups is 3. The van der Waals surface area contributed by atoms with Crippen LogP contribution >= 0.6 is 0 Å². The Balaban J connectivity index is 1.68. The van der Waals surface area contributed by atoms with Gasteiger partial charge in [-0.25, -0.2) is 4.98 Å². The molecule has 0 saturated carbocycles. The molecule has 9 heteroatoms. The third-order valence-corrected chi connectivity index (χ3v) is 5.95. The Morgan fingerprint density at radius 1 is 1.06 bits per heavy atom. The average Bonchev–Trinajstić information content (AvgIpc) is 2.89. The number of aromatic nitrogens is 2. The van der Waals surface area contributed by atoms with Gasteiger partial charge in [-0.2, -0.15) is 0 Å². The van der Waals surface area contributed by atoms with E-state index in [1.54, 1.807) is 65.6 Å². The van der Waals surface area contributed by atoms with Crippen molar-refractivity contribution < 1.29 is 19.1 Å². The zero-order chi connectivity index (χ0) is 24.9. The second-order valence-electron chi connectivity index (χ2n) is 8.28. The van der Waals surface area contributed by atoms with Gasteiger partial charge in [0.15, 0.2) is 0 Å². The SMILES string of the molecule is CNC(=O)c1cccc(C2CN(C(C)=O)CCN2C(=O)c2cccnc2Oc2ccc(C)nc2)c1. The molecule has 0 bridgehead atoms. The van der Waals surface area contributed by atoms with Crippen molar-refractivity contribution in [1.29, 1.82) is 0 Å². The Labute approximate surface area is 203 Å². The molecule has 180 valence electrons. The number of aryl methyl sites for hydroxylation is 1. The van der Waals surface area contributed by atoms with Crippen molar-refractivity contribution in [3.05, 3.63) is 83.3 Å². The minimum atomic E-state index is -0.446. The van der Waals surface area contributed by atoms with Gasteiger partial charge in [-0.05, 0) is 48.9 Å². The van der Waals surface area contributed by atoms with Gasteiger partial charge in [0.2, 0.25) is 11.8 Å². The molecular formula is C26H27N5O4. The van der Waals surface area contributed by atoms with Crippen LogP contribution in [0.15, 0.2) is 60.9 Å². The highest BCUT2D eigenvalue weighted by atomic mass is 16.5. The Bertz CT molecular complexity index is 1240. The molecule has 4 rings (SSSR count). The van der Waals surface area contributed by atoms with E-state index in [1.807, 2.05) is 19.1 Å². The van der Waals surface area contributed by atoms with E-state index in [0.29, 0.717) is 36.5 Å². The third-order valence-electron chi connectivity index (χ3n) is 5.95. The van der Waals surface area contributed by atoms with Crippen LogP contribution in [0.2, 0.25) is 0 Å². The van der Waals surface area contributed by atoms with Crippen LogP contribution in [0.5, 0.6) is 11.6 Å². The maximum Gasteiger partial charge on any atom is 0.259 e. The van der Waals surface area contributed by atoms with Gasteiger partial charge in [0, 0.05) is 51.1 Å². The highest BCUT2D eigenvalue weighted by Crippen LogP contribution is 2.31. The second kappa shape index (κ2) is 10.3.